The van der Waals surface area contributed by atoms with Crippen LogP contribution in [-0.2, 0) is 0 Å². The fourth-order valence-electron chi connectivity index (χ4n) is 0.795. The van der Waals surface area contributed by atoms with Gasteiger partial charge >= 0.3 is 6.03 Å². The monoisotopic (exact) mass is 182 g/mol. The minimum Gasteiger partial charge on any atom is -0.504 e. The molecule has 0 aliphatic rings. The molecule has 0 heterocycles. The molecular weight excluding hydrogens is 172 g/mol. The molecule has 5 nitrogen and oxygen atoms in total. The SMILES string of the molecule is CNC(=O)Nc1ccc(O)c(O)c1. The second-order valence-corrected chi connectivity index (χ2v) is 2.41. The molecule has 13 heavy (non-hydrogen) atoms. The smallest absolute Gasteiger partial charge is 0.318 e. The maximum absolute atomic E-state index is 10.8. The van der Waals surface area contributed by atoms with E-state index in [1.54, 1.807) is 0 Å². The van der Waals surface area contributed by atoms with Gasteiger partial charge in [0.05, 0.1) is 0 Å². The predicted molar refractivity (Wildman–Crippen MR) is 47.9 cm³/mol. The number of benzene rings is 1. The van der Waals surface area contributed by atoms with Gasteiger partial charge in [-0.2, -0.15) is 0 Å². The lowest BCUT2D eigenvalue weighted by Crippen LogP contribution is -2.24. The van der Waals surface area contributed by atoms with Crippen LogP contribution in [0.3, 0.4) is 0 Å². The summed E-state index contributed by atoms with van der Waals surface area (Å²) in [4.78, 5) is 10.8. The van der Waals surface area contributed by atoms with E-state index < -0.39 is 0 Å². The summed E-state index contributed by atoms with van der Waals surface area (Å²) in [5.74, 6) is -0.489. The van der Waals surface area contributed by atoms with Crippen molar-refractivity contribution in [3.63, 3.8) is 0 Å². The molecule has 0 aromatic heterocycles. The lowest BCUT2D eigenvalue weighted by atomic mass is 10.3. The van der Waals surface area contributed by atoms with Crippen LogP contribution in [0.15, 0.2) is 18.2 Å². The van der Waals surface area contributed by atoms with Gasteiger partial charge in [-0.3, -0.25) is 0 Å². The summed E-state index contributed by atoms with van der Waals surface area (Å²) in [6.07, 6.45) is 0. The van der Waals surface area contributed by atoms with Crippen molar-refractivity contribution < 1.29 is 15.0 Å². The first-order valence-corrected chi connectivity index (χ1v) is 3.64. The van der Waals surface area contributed by atoms with Gasteiger partial charge in [0.15, 0.2) is 11.5 Å². The third-order valence-corrected chi connectivity index (χ3v) is 1.46. The van der Waals surface area contributed by atoms with E-state index in [0.29, 0.717) is 5.69 Å². The van der Waals surface area contributed by atoms with Gasteiger partial charge in [-0.25, -0.2) is 4.79 Å². The highest BCUT2D eigenvalue weighted by molar-refractivity contribution is 5.89. The van der Waals surface area contributed by atoms with Crippen LogP contribution in [0.1, 0.15) is 0 Å². The quantitative estimate of drug-likeness (QED) is 0.384. The van der Waals surface area contributed by atoms with Crippen molar-refractivity contribution in [2.45, 2.75) is 0 Å². The zero-order chi connectivity index (χ0) is 9.84. The molecule has 0 saturated heterocycles. The van der Waals surface area contributed by atoms with Gasteiger partial charge in [0.1, 0.15) is 0 Å². The van der Waals surface area contributed by atoms with E-state index in [2.05, 4.69) is 10.6 Å². The Kier molecular flexibility index (Phi) is 2.59. The zero-order valence-electron chi connectivity index (χ0n) is 7.03. The Bertz CT molecular complexity index is 325. The first-order chi connectivity index (χ1) is 6.13. The van der Waals surface area contributed by atoms with Crippen molar-refractivity contribution in [2.75, 3.05) is 12.4 Å². The number of urea groups is 1. The van der Waals surface area contributed by atoms with Crippen LogP contribution in [0.5, 0.6) is 11.5 Å². The van der Waals surface area contributed by atoms with Gasteiger partial charge in [0.2, 0.25) is 0 Å². The minimum atomic E-state index is -0.384. The first kappa shape index (κ1) is 9.18. The molecule has 5 heteroatoms. The Balaban J connectivity index is 2.79. The standard InChI is InChI=1S/C8H10N2O3/c1-9-8(13)10-5-2-3-6(11)7(12)4-5/h2-4,11-12H,1H3,(H2,9,10,13). The molecule has 0 unspecified atom stereocenters. The van der Waals surface area contributed by atoms with Crippen LogP contribution in [0.2, 0.25) is 0 Å². The van der Waals surface area contributed by atoms with Crippen LogP contribution < -0.4 is 10.6 Å². The number of phenols is 2. The molecule has 70 valence electrons. The number of aromatic hydroxyl groups is 2. The molecule has 4 N–H and O–H groups in total. The van der Waals surface area contributed by atoms with E-state index in [9.17, 15) is 4.79 Å². The van der Waals surface area contributed by atoms with Crippen LogP contribution in [0.25, 0.3) is 0 Å². The Morgan fingerprint density at radius 1 is 1.31 bits per heavy atom. The van der Waals surface area contributed by atoms with Crippen LogP contribution >= 0.6 is 0 Å². The van der Waals surface area contributed by atoms with Crippen molar-refractivity contribution in [2.24, 2.45) is 0 Å². The maximum atomic E-state index is 10.8. The minimum absolute atomic E-state index is 0.220. The predicted octanol–water partition coefficient (Wildman–Crippen LogP) is 0.849. The second kappa shape index (κ2) is 3.66. The van der Waals surface area contributed by atoms with Gasteiger partial charge in [-0.1, -0.05) is 0 Å². The zero-order valence-corrected chi connectivity index (χ0v) is 7.03. The maximum Gasteiger partial charge on any atom is 0.318 e. The number of nitrogens with one attached hydrogen (secondary N) is 2. The first-order valence-electron chi connectivity index (χ1n) is 3.64. The summed E-state index contributed by atoms with van der Waals surface area (Å²) in [5, 5.41) is 22.8. The van der Waals surface area contributed by atoms with E-state index in [-0.39, 0.29) is 17.5 Å². The van der Waals surface area contributed by atoms with Gasteiger partial charge in [0, 0.05) is 18.8 Å². The van der Waals surface area contributed by atoms with Crippen molar-refractivity contribution in [3.8, 4) is 11.5 Å². The van der Waals surface area contributed by atoms with E-state index >= 15 is 0 Å². The van der Waals surface area contributed by atoms with E-state index in [4.69, 9.17) is 10.2 Å². The average Bonchev–Trinajstić information content (AvgIpc) is 2.11. The van der Waals surface area contributed by atoms with E-state index in [0.717, 1.165) is 0 Å². The number of amides is 2. The molecule has 0 aliphatic heterocycles. The molecule has 0 saturated carbocycles. The molecule has 2 amide bonds. The second-order valence-electron chi connectivity index (χ2n) is 2.41. The molecule has 0 atom stereocenters. The molecule has 1 aromatic rings. The number of phenolic OH excluding ortho intramolecular Hbond substituents is 2. The van der Waals surface area contributed by atoms with Gasteiger partial charge < -0.3 is 20.8 Å². The highest BCUT2D eigenvalue weighted by Gasteiger charge is 2.02. The van der Waals surface area contributed by atoms with Gasteiger partial charge in [-0.05, 0) is 12.1 Å². The summed E-state index contributed by atoms with van der Waals surface area (Å²) < 4.78 is 0. The largest absolute Gasteiger partial charge is 0.504 e. The van der Waals surface area contributed by atoms with E-state index in [1.807, 2.05) is 0 Å². The lowest BCUT2D eigenvalue weighted by Gasteiger charge is -2.04. The molecular formula is C8H10N2O3. The molecule has 1 aromatic carbocycles. The fourth-order valence-corrected chi connectivity index (χ4v) is 0.795. The Morgan fingerprint density at radius 3 is 2.54 bits per heavy atom. The average molecular weight is 182 g/mol. The third-order valence-electron chi connectivity index (χ3n) is 1.46. The summed E-state index contributed by atoms with van der Waals surface area (Å²) >= 11 is 0. The Morgan fingerprint density at radius 2 is 2.00 bits per heavy atom. The fraction of sp³-hybridized carbons (Fsp3) is 0.125. The molecule has 0 fully saturated rings. The molecule has 0 spiro atoms. The third kappa shape index (κ3) is 2.26. The summed E-state index contributed by atoms with van der Waals surface area (Å²) in [5.41, 5.74) is 0.412. The van der Waals surface area contributed by atoms with E-state index in [1.165, 1.54) is 25.2 Å². The highest BCUT2D eigenvalue weighted by Crippen LogP contribution is 2.27. The summed E-state index contributed by atoms with van der Waals surface area (Å²) in [7, 11) is 1.48. The molecule has 0 radical (unpaired) electrons. The van der Waals surface area contributed by atoms with Gasteiger partial charge in [0.25, 0.3) is 0 Å². The Labute approximate surface area is 75.0 Å². The van der Waals surface area contributed by atoms with Crippen LogP contribution in [-0.4, -0.2) is 23.3 Å². The normalized spacial score (nSPS) is 9.31. The summed E-state index contributed by atoms with van der Waals surface area (Å²) in [6, 6.07) is 3.64. The van der Waals surface area contributed by atoms with Crippen LogP contribution in [0, 0.1) is 0 Å². The van der Waals surface area contributed by atoms with Crippen molar-refractivity contribution in [1.82, 2.24) is 5.32 Å². The number of anilines is 1. The van der Waals surface area contributed by atoms with Gasteiger partial charge in [-0.15, -0.1) is 0 Å². The number of hydrogen-bond acceptors (Lipinski definition) is 3. The topological polar surface area (TPSA) is 81.6 Å². The van der Waals surface area contributed by atoms with Crippen LogP contribution in [0.4, 0.5) is 10.5 Å². The lowest BCUT2D eigenvalue weighted by molar-refractivity contribution is 0.254. The van der Waals surface area contributed by atoms with Crippen molar-refractivity contribution in [1.29, 1.82) is 0 Å². The highest BCUT2D eigenvalue weighted by atomic mass is 16.3. The summed E-state index contributed by atoms with van der Waals surface area (Å²) in [6.45, 7) is 0. The van der Waals surface area contributed by atoms with Crippen molar-refractivity contribution >= 4 is 11.7 Å². The number of rotatable bonds is 1. The number of carbonyl (C=O) groups is 1. The molecule has 1 rings (SSSR count). The van der Waals surface area contributed by atoms with Crippen molar-refractivity contribution in [3.05, 3.63) is 18.2 Å². The Hall–Kier alpha value is -1.91. The molecule has 0 aliphatic carbocycles. The number of carbonyl (C=O) groups excluding carboxylic acids is 1. The number of hydrogen-bond donors (Lipinski definition) is 4. The molecule has 0 bridgehead atoms.